The lowest BCUT2D eigenvalue weighted by Gasteiger charge is -2.16. The quantitative estimate of drug-likeness (QED) is 0.479. The summed E-state index contributed by atoms with van der Waals surface area (Å²) >= 11 is 0. The van der Waals surface area contributed by atoms with Crippen LogP contribution in [0.3, 0.4) is 0 Å². The normalized spacial score (nSPS) is 10.6. The monoisotopic (exact) mass is 297 g/mol. The van der Waals surface area contributed by atoms with Crippen LogP contribution in [0.5, 0.6) is 0 Å². The number of esters is 1. The fourth-order valence-electron chi connectivity index (χ4n) is 0.942. The highest BCUT2D eigenvalue weighted by Gasteiger charge is 2.01. The first-order valence-corrected chi connectivity index (χ1v) is 7.07. The zero-order valence-electron chi connectivity index (χ0n) is 11.9. The lowest BCUT2D eigenvalue weighted by Crippen LogP contribution is -2.27. The summed E-state index contributed by atoms with van der Waals surface area (Å²) in [7, 11) is -1.60. The Morgan fingerprint density at radius 3 is 1.95 bits per heavy atom. The molecule has 0 saturated carbocycles. The molecule has 0 aromatic heterocycles. The molecule has 114 valence electrons. The Morgan fingerprint density at radius 1 is 1.21 bits per heavy atom. The zero-order valence-corrected chi connectivity index (χ0v) is 12.7. The van der Waals surface area contributed by atoms with E-state index in [1.165, 1.54) is 6.08 Å². The fourth-order valence-corrected chi connectivity index (χ4v) is 1.08. The first kappa shape index (κ1) is 20.4. The maximum Gasteiger partial charge on any atom is 0.399 e. The molecule has 0 spiro atoms. The van der Waals surface area contributed by atoms with E-state index >= 15 is 0 Å². The predicted molar refractivity (Wildman–Crippen MR) is 71.9 cm³/mol. The Balaban J connectivity index is 0. The molecule has 0 bridgehead atoms. The number of ether oxygens (including phenoxy) is 1. The van der Waals surface area contributed by atoms with E-state index in [4.69, 9.17) is 4.74 Å². The van der Waals surface area contributed by atoms with E-state index < -0.39 is 10.4 Å². The molecule has 0 radical (unpaired) electrons. The van der Waals surface area contributed by atoms with Gasteiger partial charge in [0.15, 0.2) is 0 Å². The van der Waals surface area contributed by atoms with Gasteiger partial charge in [-0.1, -0.05) is 20.4 Å². The smallest absolute Gasteiger partial charge is 0.399 e. The third-order valence-corrected chi connectivity index (χ3v) is 2.94. The van der Waals surface area contributed by atoms with Crippen molar-refractivity contribution in [3.8, 4) is 0 Å². The summed E-state index contributed by atoms with van der Waals surface area (Å²) in [5.41, 5.74) is 0. The van der Waals surface area contributed by atoms with E-state index in [0.717, 1.165) is 33.9 Å². The highest BCUT2D eigenvalue weighted by molar-refractivity contribution is 7.81. The summed E-state index contributed by atoms with van der Waals surface area (Å²) in [6, 6.07) is 0. The van der Waals surface area contributed by atoms with Crippen molar-refractivity contribution in [2.75, 3.05) is 40.5 Å². The highest BCUT2D eigenvalue weighted by Crippen LogP contribution is 1.87. The molecule has 7 nitrogen and oxygen atoms in total. The molecule has 0 aliphatic rings. The van der Waals surface area contributed by atoms with Gasteiger partial charge >= 0.3 is 16.4 Å². The van der Waals surface area contributed by atoms with Crippen LogP contribution in [-0.2, 0) is 28.3 Å². The zero-order chi connectivity index (χ0) is 15.3. The highest BCUT2D eigenvalue weighted by atomic mass is 32.3. The van der Waals surface area contributed by atoms with Crippen LogP contribution in [0.2, 0.25) is 0 Å². The second kappa shape index (κ2) is 12.1. The van der Waals surface area contributed by atoms with Crippen LogP contribution in [0, 0.1) is 0 Å². The first-order chi connectivity index (χ1) is 8.86. The molecule has 0 heterocycles. The SMILES string of the molecule is C=CC(=O)OCCN(CC)CC.COS(=O)(=O)OC. The van der Waals surface area contributed by atoms with Crippen LogP contribution < -0.4 is 0 Å². The molecule has 8 heteroatoms. The van der Waals surface area contributed by atoms with E-state index in [9.17, 15) is 13.2 Å². The number of hydrogen-bond acceptors (Lipinski definition) is 7. The average Bonchev–Trinajstić information content (AvgIpc) is 2.44. The van der Waals surface area contributed by atoms with Gasteiger partial charge < -0.3 is 9.64 Å². The Labute approximate surface area is 115 Å². The summed E-state index contributed by atoms with van der Waals surface area (Å²) in [4.78, 5) is 12.8. The Kier molecular flexibility index (Phi) is 13.0. The van der Waals surface area contributed by atoms with Crippen molar-refractivity contribution in [3.05, 3.63) is 12.7 Å². The third kappa shape index (κ3) is 13.3. The Bertz CT molecular complexity index is 327. The topological polar surface area (TPSA) is 82.1 Å². The van der Waals surface area contributed by atoms with Gasteiger partial charge in [-0.05, 0) is 13.1 Å². The number of hydrogen-bond donors (Lipinski definition) is 0. The molecule has 0 aromatic carbocycles. The van der Waals surface area contributed by atoms with Crippen molar-refractivity contribution >= 4 is 16.4 Å². The minimum atomic E-state index is -3.66. The number of likely N-dealkylation sites (N-methyl/N-ethyl adjacent to an activating group) is 1. The largest absolute Gasteiger partial charge is 0.461 e. The molecule has 0 atom stereocenters. The average molecular weight is 297 g/mol. The molecule has 0 saturated heterocycles. The summed E-state index contributed by atoms with van der Waals surface area (Å²) in [5, 5.41) is 0. The van der Waals surface area contributed by atoms with Gasteiger partial charge in [-0.25, -0.2) is 4.79 Å². The molecule has 0 aromatic rings. The van der Waals surface area contributed by atoms with Crippen LogP contribution in [0.4, 0.5) is 0 Å². The minimum absolute atomic E-state index is 0.345. The molecule has 0 N–H and O–H groups in total. The third-order valence-electron chi connectivity index (χ3n) is 2.12. The van der Waals surface area contributed by atoms with Gasteiger partial charge in [0.05, 0.1) is 14.2 Å². The first-order valence-electron chi connectivity index (χ1n) is 5.74. The van der Waals surface area contributed by atoms with Gasteiger partial charge in [0.2, 0.25) is 0 Å². The van der Waals surface area contributed by atoms with E-state index in [-0.39, 0.29) is 5.97 Å². The summed E-state index contributed by atoms with van der Waals surface area (Å²) in [5.74, 6) is -0.345. The number of carbonyl (C=O) groups is 1. The van der Waals surface area contributed by atoms with Crippen molar-refractivity contribution in [1.82, 2.24) is 4.90 Å². The molecular formula is C11H23NO6S. The maximum absolute atomic E-state index is 10.6. The van der Waals surface area contributed by atoms with E-state index in [1.54, 1.807) is 0 Å². The van der Waals surface area contributed by atoms with E-state index in [1.807, 2.05) is 0 Å². The molecule has 0 aliphatic carbocycles. The maximum atomic E-state index is 10.6. The molecule has 0 amide bonds. The predicted octanol–water partition coefficient (Wildman–Crippen LogP) is 0.581. The van der Waals surface area contributed by atoms with Crippen LogP contribution in [0.15, 0.2) is 12.7 Å². The molecule has 0 unspecified atom stereocenters. The van der Waals surface area contributed by atoms with Gasteiger partial charge in [0, 0.05) is 12.6 Å². The second-order valence-corrected chi connectivity index (χ2v) is 4.62. The van der Waals surface area contributed by atoms with Crippen LogP contribution in [-0.4, -0.2) is 59.7 Å². The molecule has 19 heavy (non-hydrogen) atoms. The number of carbonyl (C=O) groups excluding carboxylic acids is 1. The van der Waals surface area contributed by atoms with Gasteiger partial charge in [-0.2, -0.15) is 8.42 Å². The Morgan fingerprint density at radius 2 is 1.68 bits per heavy atom. The molecule has 0 fully saturated rings. The lowest BCUT2D eigenvalue weighted by atomic mass is 10.5. The van der Waals surface area contributed by atoms with Gasteiger partial charge in [-0.15, -0.1) is 0 Å². The van der Waals surface area contributed by atoms with Gasteiger partial charge in [0.1, 0.15) is 6.61 Å². The van der Waals surface area contributed by atoms with Crippen molar-refractivity contribution in [2.24, 2.45) is 0 Å². The Hall–Kier alpha value is -0.960. The number of nitrogens with zero attached hydrogens (tertiary/aromatic N) is 1. The van der Waals surface area contributed by atoms with Crippen molar-refractivity contribution < 1.29 is 26.3 Å². The van der Waals surface area contributed by atoms with Gasteiger partial charge in [0.25, 0.3) is 0 Å². The van der Waals surface area contributed by atoms with Crippen molar-refractivity contribution in [1.29, 1.82) is 0 Å². The molecular weight excluding hydrogens is 274 g/mol. The van der Waals surface area contributed by atoms with Crippen LogP contribution in [0.1, 0.15) is 13.8 Å². The summed E-state index contributed by atoms with van der Waals surface area (Å²) in [6.45, 7) is 10.7. The lowest BCUT2D eigenvalue weighted by molar-refractivity contribution is -0.138. The molecule has 0 rings (SSSR count). The molecule has 0 aliphatic heterocycles. The van der Waals surface area contributed by atoms with Crippen molar-refractivity contribution in [2.45, 2.75) is 13.8 Å². The minimum Gasteiger partial charge on any atom is -0.461 e. The standard InChI is InChI=1S/C9H17NO2.C2H6O4S/c1-4-9(11)12-8-7-10(5-2)6-3;1-5-7(3,4)6-2/h4H,1,5-8H2,2-3H3;1-2H3. The summed E-state index contributed by atoms with van der Waals surface area (Å²) < 4.78 is 32.3. The fraction of sp³-hybridized carbons (Fsp3) is 0.727. The number of rotatable bonds is 8. The van der Waals surface area contributed by atoms with E-state index in [0.29, 0.717) is 6.61 Å². The van der Waals surface area contributed by atoms with Gasteiger partial charge in [-0.3, -0.25) is 8.37 Å². The van der Waals surface area contributed by atoms with E-state index in [2.05, 4.69) is 33.7 Å². The van der Waals surface area contributed by atoms with Crippen LogP contribution in [0.25, 0.3) is 0 Å². The van der Waals surface area contributed by atoms with Crippen molar-refractivity contribution in [3.63, 3.8) is 0 Å². The van der Waals surface area contributed by atoms with Crippen LogP contribution >= 0.6 is 0 Å². The second-order valence-electron chi connectivity index (χ2n) is 3.14. The summed E-state index contributed by atoms with van der Waals surface area (Å²) in [6.07, 6.45) is 1.18.